The van der Waals surface area contributed by atoms with Crippen LogP contribution in [0.3, 0.4) is 0 Å². The minimum absolute atomic E-state index is 0.596. The van der Waals surface area contributed by atoms with Gasteiger partial charge in [0.25, 0.3) is 0 Å². The van der Waals surface area contributed by atoms with Crippen LogP contribution in [0, 0.1) is 5.92 Å². The molecule has 0 bridgehead atoms. The van der Waals surface area contributed by atoms with Crippen LogP contribution in [-0.2, 0) is 16.1 Å². The Morgan fingerprint density at radius 1 is 1.37 bits per heavy atom. The van der Waals surface area contributed by atoms with Gasteiger partial charge in [0.15, 0.2) is 0 Å². The summed E-state index contributed by atoms with van der Waals surface area (Å²) in [5, 5.41) is 3.29. The molecule has 0 unspecified atom stereocenters. The van der Waals surface area contributed by atoms with Crippen molar-refractivity contribution < 1.29 is 9.47 Å². The topological polar surface area (TPSA) is 43.4 Å². The molecule has 0 aliphatic carbocycles. The SMILES string of the molecule is CCCNc1cccc(COCC2CCOCC2)n1. The first-order chi connectivity index (χ1) is 9.38. The summed E-state index contributed by atoms with van der Waals surface area (Å²) in [5.74, 6) is 1.59. The van der Waals surface area contributed by atoms with Crippen molar-refractivity contribution in [1.82, 2.24) is 4.98 Å². The number of aromatic nitrogens is 1. The van der Waals surface area contributed by atoms with Crippen LogP contribution in [0.15, 0.2) is 18.2 Å². The third-order valence-corrected chi connectivity index (χ3v) is 3.31. The maximum atomic E-state index is 5.77. The van der Waals surface area contributed by atoms with Crippen molar-refractivity contribution in [2.75, 3.05) is 31.7 Å². The zero-order chi connectivity index (χ0) is 13.3. The molecule has 4 nitrogen and oxygen atoms in total. The highest BCUT2D eigenvalue weighted by atomic mass is 16.5. The van der Waals surface area contributed by atoms with Crippen LogP contribution in [0.5, 0.6) is 0 Å². The number of hydrogen-bond acceptors (Lipinski definition) is 4. The maximum Gasteiger partial charge on any atom is 0.126 e. The average molecular weight is 264 g/mol. The normalized spacial score (nSPS) is 16.5. The number of rotatable bonds is 7. The molecule has 19 heavy (non-hydrogen) atoms. The van der Waals surface area contributed by atoms with E-state index >= 15 is 0 Å². The lowest BCUT2D eigenvalue weighted by Gasteiger charge is -2.21. The summed E-state index contributed by atoms with van der Waals surface area (Å²) in [6.07, 6.45) is 3.34. The third-order valence-electron chi connectivity index (χ3n) is 3.31. The predicted octanol–water partition coefficient (Wildman–Crippen LogP) is 2.85. The first-order valence-corrected chi connectivity index (χ1v) is 7.23. The van der Waals surface area contributed by atoms with E-state index in [4.69, 9.17) is 9.47 Å². The quantitative estimate of drug-likeness (QED) is 0.822. The Balaban J connectivity index is 1.72. The number of hydrogen-bond donors (Lipinski definition) is 1. The molecule has 0 amide bonds. The van der Waals surface area contributed by atoms with Crippen LogP contribution < -0.4 is 5.32 Å². The van der Waals surface area contributed by atoms with Gasteiger partial charge in [0.2, 0.25) is 0 Å². The van der Waals surface area contributed by atoms with Gasteiger partial charge < -0.3 is 14.8 Å². The standard InChI is InChI=1S/C15H24N2O2/c1-2-8-16-15-5-3-4-14(17-15)12-19-11-13-6-9-18-10-7-13/h3-5,13H,2,6-12H2,1H3,(H,16,17). The van der Waals surface area contributed by atoms with E-state index in [2.05, 4.69) is 17.2 Å². The fourth-order valence-electron chi connectivity index (χ4n) is 2.15. The summed E-state index contributed by atoms with van der Waals surface area (Å²) in [4.78, 5) is 4.53. The van der Waals surface area contributed by atoms with Gasteiger partial charge in [-0.1, -0.05) is 13.0 Å². The van der Waals surface area contributed by atoms with Crippen LogP contribution in [0.1, 0.15) is 31.9 Å². The van der Waals surface area contributed by atoms with E-state index in [0.29, 0.717) is 12.5 Å². The molecule has 1 aliphatic rings. The minimum Gasteiger partial charge on any atom is -0.381 e. The van der Waals surface area contributed by atoms with Gasteiger partial charge >= 0.3 is 0 Å². The van der Waals surface area contributed by atoms with E-state index < -0.39 is 0 Å². The molecule has 1 N–H and O–H groups in total. The Morgan fingerprint density at radius 2 is 2.21 bits per heavy atom. The monoisotopic (exact) mass is 264 g/mol. The fraction of sp³-hybridized carbons (Fsp3) is 0.667. The Labute approximate surface area is 115 Å². The number of anilines is 1. The van der Waals surface area contributed by atoms with Crippen molar-refractivity contribution in [3.05, 3.63) is 23.9 Å². The molecule has 2 rings (SSSR count). The van der Waals surface area contributed by atoms with E-state index in [0.717, 1.165) is 57.1 Å². The summed E-state index contributed by atoms with van der Waals surface area (Å²) < 4.78 is 11.1. The summed E-state index contributed by atoms with van der Waals surface area (Å²) in [5.41, 5.74) is 0.994. The number of ether oxygens (including phenoxy) is 2. The van der Waals surface area contributed by atoms with Crippen LogP contribution >= 0.6 is 0 Å². The molecule has 1 fully saturated rings. The maximum absolute atomic E-state index is 5.77. The number of nitrogens with one attached hydrogen (secondary N) is 1. The second-order valence-electron chi connectivity index (χ2n) is 5.01. The van der Waals surface area contributed by atoms with Crippen molar-refractivity contribution in [2.45, 2.75) is 32.8 Å². The second-order valence-corrected chi connectivity index (χ2v) is 5.01. The molecule has 1 aromatic heterocycles. The van der Waals surface area contributed by atoms with E-state index in [1.165, 1.54) is 0 Å². The summed E-state index contributed by atoms with van der Waals surface area (Å²) in [6, 6.07) is 6.04. The first kappa shape index (κ1) is 14.3. The van der Waals surface area contributed by atoms with Gasteiger partial charge in [-0.15, -0.1) is 0 Å². The molecule has 0 atom stereocenters. The highest BCUT2D eigenvalue weighted by Crippen LogP contribution is 2.15. The Morgan fingerprint density at radius 3 is 3.00 bits per heavy atom. The lowest BCUT2D eigenvalue weighted by atomic mass is 10.0. The zero-order valence-electron chi connectivity index (χ0n) is 11.7. The average Bonchev–Trinajstić information content (AvgIpc) is 2.47. The summed E-state index contributed by atoms with van der Waals surface area (Å²) in [6.45, 7) is 6.27. The first-order valence-electron chi connectivity index (χ1n) is 7.23. The van der Waals surface area contributed by atoms with Crippen molar-refractivity contribution in [2.24, 2.45) is 5.92 Å². The molecule has 1 saturated heterocycles. The molecule has 1 aromatic rings. The third kappa shape index (κ3) is 5.17. The highest BCUT2D eigenvalue weighted by molar-refractivity contribution is 5.34. The van der Waals surface area contributed by atoms with Crippen LogP contribution in [0.2, 0.25) is 0 Å². The van der Waals surface area contributed by atoms with E-state index in [1.807, 2.05) is 18.2 Å². The summed E-state index contributed by atoms with van der Waals surface area (Å²) >= 11 is 0. The lowest BCUT2D eigenvalue weighted by Crippen LogP contribution is -2.20. The largest absolute Gasteiger partial charge is 0.381 e. The molecule has 2 heterocycles. The molecule has 4 heteroatoms. The second kappa shape index (κ2) is 8.12. The number of nitrogens with zero attached hydrogens (tertiary/aromatic N) is 1. The molecule has 1 aliphatic heterocycles. The molecule has 0 spiro atoms. The van der Waals surface area contributed by atoms with Gasteiger partial charge in [0, 0.05) is 19.8 Å². The molecule has 0 radical (unpaired) electrons. The molecule has 106 valence electrons. The van der Waals surface area contributed by atoms with Crippen LogP contribution in [-0.4, -0.2) is 31.3 Å². The van der Waals surface area contributed by atoms with Gasteiger partial charge in [-0.3, -0.25) is 0 Å². The van der Waals surface area contributed by atoms with Gasteiger partial charge in [0.05, 0.1) is 18.9 Å². The Hall–Kier alpha value is -1.13. The predicted molar refractivity (Wildman–Crippen MR) is 76.2 cm³/mol. The van der Waals surface area contributed by atoms with Gasteiger partial charge in [0.1, 0.15) is 5.82 Å². The smallest absolute Gasteiger partial charge is 0.126 e. The fourth-order valence-corrected chi connectivity index (χ4v) is 2.15. The molecule has 0 saturated carbocycles. The van der Waals surface area contributed by atoms with Crippen molar-refractivity contribution >= 4 is 5.82 Å². The minimum atomic E-state index is 0.596. The van der Waals surface area contributed by atoms with Gasteiger partial charge in [-0.2, -0.15) is 0 Å². The van der Waals surface area contributed by atoms with Crippen LogP contribution in [0.4, 0.5) is 5.82 Å². The van der Waals surface area contributed by atoms with E-state index in [1.54, 1.807) is 0 Å². The highest BCUT2D eigenvalue weighted by Gasteiger charge is 2.13. The molecular weight excluding hydrogens is 240 g/mol. The lowest BCUT2D eigenvalue weighted by molar-refractivity contribution is 0.0150. The van der Waals surface area contributed by atoms with Crippen LogP contribution in [0.25, 0.3) is 0 Å². The number of pyridine rings is 1. The van der Waals surface area contributed by atoms with E-state index in [9.17, 15) is 0 Å². The Bertz CT molecular complexity index is 365. The molecular formula is C15H24N2O2. The Kier molecular flexibility index (Phi) is 6.11. The van der Waals surface area contributed by atoms with Crippen molar-refractivity contribution in [3.8, 4) is 0 Å². The molecule has 0 aromatic carbocycles. The van der Waals surface area contributed by atoms with Gasteiger partial charge in [-0.25, -0.2) is 4.98 Å². The zero-order valence-corrected chi connectivity index (χ0v) is 11.7. The van der Waals surface area contributed by atoms with Crippen molar-refractivity contribution in [3.63, 3.8) is 0 Å². The van der Waals surface area contributed by atoms with Gasteiger partial charge in [-0.05, 0) is 37.3 Å². The summed E-state index contributed by atoms with van der Waals surface area (Å²) in [7, 11) is 0. The van der Waals surface area contributed by atoms with E-state index in [-0.39, 0.29) is 0 Å². The van der Waals surface area contributed by atoms with Crippen molar-refractivity contribution in [1.29, 1.82) is 0 Å².